The van der Waals surface area contributed by atoms with Crippen LogP contribution in [0.4, 0.5) is 0 Å². The molecule has 0 aromatic heterocycles. The molecule has 0 saturated carbocycles. The van der Waals surface area contributed by atoms with Crippen molar-refractivity contribution in [3.63, 3.8) is 0 Å². The standard InChI is InChI=1S/2C2H3.Zn/c2*1-2;/h2*1H,2H2;. The fourth-order valence-electron chi connectivity index (χ4n) is 0.118. The molecule has 0 aromatic rings. The second kappa shape index (κ2) is 4.10. The molecule has 0 fully saturated rings. The molecule has 0 atom stereocenters. The fraction of sp³-hybridized carbons (Fsp3) is 0. The molecule has 0 bridgehead atoms. The van der Waals surface area contributed by atoms with E-state index in [1.165, 1.54) is 0 Å². The van der Waals surface area contributed by atoms with Crippen molar-refractivity contribution in [3.8, 4) is 0 Å². The van der Waals surface area contributed by atoms with Gasteiger partial charge >= 0.3 is 39.6 Å². The van der Waals surface area contributed by atoms with Crippen LogP contribution in [0, 0.1) is 0 Å². The van der Waals surface area contributed by atoms with Crippen molar-refractivity contribution in [2.75, 3.05) is 0 Å². The summed E-state index contributed by atoms with van der Waals surface area (Å²) in [6.45, 7) is 7.12. The first kappa shape index (κ1) is 5.10. The maximum absolute atomic E-state index is 3.56. The van der Waals surface area contributed by atoms with E-state index in [1.807, 2.05) is 9.34 Å². The topological polar surface area (TPSA) is 0 Å². The first-order chi connectivity index (χ1) is 2.41. The summed E-state index contributed by atoms with van der Waals surface area (Å²) in [5, 5.41) is 0. The summed E-state index contributed by atoms with van der Waals surface area (Å²) in [6.07, 6.45) is 0. The van der Waals surface area contributed by atoms with E-state index in [0.29, 0.717) is 0 Å². The second-order valence-corrected chi connectivity index (χ2v) is 4.22. The quantitative estimate of drug-likeness (QED) is 0.482. The summed E-state index contributed by atoms with van der Waals surface area (Å²) in [5.74, 6) is 0. The van der Waals surface area contributed by atoms with Gasteiger partial charge in [0.1, 0.15) is 0 Å². The van der Waals surface area contributed by atoms with E-state index in [4.69, 9.17) is 0 Å². The van der Waals surface area contributed by atoms with Crippen molar-refractivity contribution in [2.24, 2.45) is 0 Å². The Morgan fingerprint density at radius 3 is 1.60 bits per heavy atom. The predicted octanol–water partition coefficient (Wildman–Crippen LogP) is 1.36. The first-order valence-electron chi connectivity index (χ1n) is 1.63. The normalized spacial score (nSPS) is 4.80. The zero-order valence-corrected chi connectivity index (χ0v) is 6.24. The van der Waals surface area contributed by atoms with E-state index < -0.39 is 0 Å². The number of rotatable bonds is 2. The summed E-state index contributed by atoms with van der Waals surface area (Å²) in [6, 6.07) is 0. The molecule has 0 aromatic carbocycles. The van der Waals surface area contributed by atoms with Gasteiger partial charge in [-0.3, -0.25) is 0 Å². The molecule has 0 aliphatic rings. The van der Waals surface area contributed by atoms with Gasteiger partial charge in [-0.15, -0.1) is 0 Å². The molecule has 0 rings (SSSR count). The predicted molar refractivity (Wildman–Crippen MR) is 20.4 cm³/mol. The second-order valence-electron chi connectivity index (χ2n) is 0.813. The third-order valence-corrected chi connectivity index (χ3v) is 1.73. The SMILES string of the molecule is C=[CH][Zn][CH]=C. The van der Waals surface area contributed by atoms with Crippen LogP contribution in [0.25, 0.3) is 0 Å². The van der Waals surface area contributed by atoms with E-state index in [2.05, 4.69) is 13.2 Å². The average molecular weight is 119 g/mol. The number of hydrogen-bond acceptors (Lipinski definition) is 0. The Hall–Kier alpha value is 0.103. The average Bonchev–Trinajstić information content (AvgIpc) is 1.41. The van der Waals surface area contributed by atoms with Gasteiger partial charge in [0.15, 0.2) is 0 Å². The minimum atomic E-state index is -0.375. The van der Waals surface area contributed by atoms with E-state index in [9.17, 15) is 0 Å². The summed E-state index contributed by atoms with van der Waals surface area (Å²) in [5.41, 5.74) is 0. The molecule has 5 heavy (non-hydrogen) atoms. The molecular formula is C4H6Zn. The molecule has 0 radical (unpaired) electrons. The van der Waals surface area contributed by atoms with Gasteiger partial charge in [0.25, 0.3) is 0 Å². The van der Waals surface area contributed by atoms with Gasteiger partial charge in [-0.25, -0.2) is 0 Å². The molecule has 0 heterocycles. The molecule has 1 heteroatoms. The van der Waals surface area contributed by atoms with Crippen LogP contribution in [0.2, 0.25) is 0 Å². The van der Waals surface area contributed by atoms with Crippen molar-refractivity contribution >= 4 is 0 Å². The van der Waals surface area contributed by atoms with Crippen LogP contribution in [0.15, 0.2) is 22.5 Å². The molecule has 0 unspecified atom stereocenters. The van der Waals surface area contributed by atoms with Crippen molar-refractivity contribution in [3.05, 3.63) is 22.5 Å². The molecule has 0 aliphatic heterocycles. The van der Waals surface area contributed by atoms with Crippen molar-refractivity contribution < 1.29 is 17.1 Å². The van der Waals surface area contributed by atoms with E-state index in [0.717, 1.165) is 0 Å². The third kappa shape index (κ3) is 4.10. The van der Waals surface area contributed by atoms with Crippen LogP contribution in [0.5, 0.6) is 0 Å². The Morgan fingerprint density at radius 1 is 1.20 bits per heavy atom. The van der Waals surface area contributed by atoms with Crippen LogP contribution in [-0.2, 0) is 17.1 Å². The Morgan fingerprint density at radius 2 is 1.60 bits per heavy atom. The van der Waals surface area contributed by atoms with Gasteiger partial charge in [-0.05, 0) is 0 Å². The van der Waals surface area contributed by atoms with Crippen LogP contribution < -0.4 is 0 Å². The Kier molecular flexibility index (Phi) is 4.19. The zero-order chi connectivity index (χ0) is 4.12. The van der Waals surface area contributed by atoms with Gasteiger partial charge in [0, 0.05) is 0 Å². The molecule has 0 spiro atoms. The molecule has 24 valence electrons. The molecule has 0 saturated heterocycles. The Balaban J connectivity index is 2.65. The van der Waals surface area contributed by atoms with Gasteiger partial charge in [0.05, 0.1) is 0 Å². The van der Waals surface area contributed by atoms with Crippen LogP contribution in [0.3, 0.4) is 0 Å². The van der Waals surface area contributed by atoms with Crippen molar-refractivity contribution in [1.82, 2.24) is 0 Å². The third-order valence-electron chi connectivity index (χ3n) is 0.333. The summed E-state index contributed by atoms with van der Waals surface area (Å²) < 4.78 is 4.00. The monoisotopic (exact) mass is 118 g/mol. The van der Waals surface area contributed by atoms with Crippen LogP contribution in [0.1, 0.15) is 0 Å². The molecular weight excluding hydrogens is 113 g/mol. The Labute approximate surface area is 40.2 Å². The minimum absolute atomic E-state index is 0.375. The van der Waals surface area contributed by atoms with Crippen molar-refractivity contribution in [1.29, 1.82) is 0 Å². The Bertz CT molecular complexity index is 32.9. The van der Waals surface area contributed by atoms with Crippen molar-refractivity contribution in [2.45, 2.75) is 0 Å². The summed E-state index contributed by atoms with van der Waals surface area (Å²) in [4.78, 5) is 0. The summed E-state index contributed by atoms with van der Waals surface area (Å²) >= 11 is -0.375. The van der Waals surface area contributed by atoms with Gasteiger partial charge in [-0.2, -0.15) is 0 Å². The van der Waals surface area contributed by atoms with Gasteiger partial charge in [-0.1, -0.05) is 0 Å². The van der Waals surface area contributed by atoms with E-state index >= 15 is 0 Å². The number of hydrogen-bond donors (Lipinski definition) is 0. The van der Waals surface area contributed by atoms with Gasteiger partial charge in [0.2, 0.25) is 0 Å². The maximum atomic E-state index is 3.56. The molecule has 0 nitrogen and oxygen atoms in total. The van der Waals surface area contributed by atoms with E-state index in [-0.39, 0.29) is 17.1 Å². The van der Waals surface area contributed by atoms with Gasteiger partial charge < -0.3 is 0 Å². The van der Waals surface area contributed by atoms with Crippen LogP contribution >= 0.6 is 0 Å². The molecule has 0 amide bonds. The zero-order valence-electron chi connectivity index (χ0n) is 3.28. The fourth-order valence-corrected chi connectivity index (χ4v) is 0.612. The molecule has 0 aliphatic carbocycles. The molecule has 0 N–H and O–H groups in total. The van der Waals surface area contributed by atoms with Crippen LogP contribution in [-0.4, -0.2) is 0 Å². The van der Waals surface area contributed by atoms with E-state index in [1.54, 1.807) is 0 Å². The summed E-state index contributed by atoms with van der Waals surface area (Å²) in [7, 11) is 0. The first-order valence-corrected chi connectivity index (χ1v) is 5.06.